The van der Waals surface area contributed by atoms with Crippen LogP contribution in [0.4, 0.5) is 0 Å². The summed E-state index contributed by atoms with van der Waals surface area (Å²) in [5, 5.41) is 0. The van der Waals surface area contributed by atoms with Gasteiger partial charge in [0.25, 0.3) is 0 Å². The van der Waals surface area contributed by atoms with Crippen LogP contribution in [0.3, 0.4) is 0 Å². The number of hydrogen-bond donors (Lipinski definition) is 0. The van der Waals surface area contributed by atoms with Crippen LogP contribution in [0.5, 0.6) is 5.75 Å². The van der Waals surface area contributed by atoms with Crippen LogP contribution < -0.4 is 4.74 Å². The number of aryl methyl sites for hydroxylation is 2. The molecule has 2 aliphatic rings. The molecule has 0 amide bonds. The Morgan fingerprint density at radius 2 is 1.82 bits per heavy atom. The lowest BCUT2D eigenvalue weighted by Crippen LogP contribution is -2.46. The average Bonchev–Trinajstić information content (AvgIpc) is 2.83. The molecular weight excluding hydrogens is 278 g/mol. The molecule has 2 aliphatic heterocycles. The third-order valence-corrected chi connectivity index (χ3v) is 4.76. The molecule has 4 heteroatoms. The molecule has 0 aromatic heterocycles. The van der Waals surface area contributed by atoms with Crippen molar-refractivity contribution in [1.82, 2.24) is 4.90 Å². The number of benzene rings is 1. The molecule has 120 valence electrons. The number of nitrogens with zero attached hydrogens (tertiary/aromatic N) is 1. The number of likely N-dealkylation sites (tertiary alicyclic amines) is 1. The summed E-state index contributed by atoms with van der Waals surface area (Å²) in [4.78, 5) is 14.1. The van der Waals surface area contributed by atoms with E-state index >= 15 is 0 Å². The molecule has 0 aliphatic carbocycles. The fourth-order valence-corrected chi connectivity index (χ4v) is 3.49. The molecular formula is C18H25NO3. The van der Waals surface area contributed by atoms with Crippen LogP contribution in [-0.4, -0.2) is 42.2 Å². The van der Waals surface area contributed by atoms with Gasteiger partial charge in [0.15, 0.2) is 0 Å². The first-order valence-corrected chi connectivity index (χ1v) is 8.22. The molecule has 2 atom stereocenters. The summed E-state index contributed by atoms with van der Waals surface area (Å²) >= 11 is 0. The highest BCUT2D eigenvalue weighted by atomic mass is 16.6. The van der Waals surface area contributed by atoms with Crippen molar-refractivity contribution in [3.05, 3.63) is 29.3 Å². The first kappa shape index (κ1) is 15.3. The Hall–Kier alpha value is -1.55. The zero-order valence-corrected chi connectivity index (χ0v) is 13.7. The number of esters is 1. The van der Waals surface area contributed by atoms with E-state index in [0.717, 1.165) is 38.1 Å². The summed E-state index contributed by atoms with van der Waals surface area (Å²) in [5.41, 5.74) is 2.38. The van der Waals surface area contributed by atoms with Gasteiger partial charge in [0, 0.05) is 19.5 Å². The van der Waals surface area contributed by atoms with Crippen LogP contribution in [0.2, 0.25) is 0 Å². The number of piperidine rings is 1. The lowest BCUT2D eigenvalue weighted by atomic mass is 10.0. The zero-order valence-electron chi connectivity index (χ0n) is 13.7. The number of carbonyl (C=O) groups is 1. The van der Waals surface area contributed by atoms with Gasteiger partial charge in [-0.2, -0.15) is 0 Å². The third-order valence-electron chi connectivity index (χ3n) is 4.76. The quantitative estimate of drug-likeness (QED) is 0.805. The monoisotopic (exact) mass is 303 g/mol. The number of rotatable bonds is 3. The van der Waals surface area contributed by atoms with Crippen molar-refractivity contribution in [1.29, 1.82) is 0 Å². The molecule has 22 heavy (non-hydrogen) atoms. The first-order valence-electron chi connectivity index (χ1n) is 8.22. The van der Waals surface area contributed by atoms with Crippen molar-refractivity contribution in [3.63, 3.8) is 0 Å². The van der Waals surface area contributed by atoms with E-state index in [1.54, 1.807) is 0 Å². The fourth-order valence-electron chi connectivity index (χ4n) is 3.49. The molecule has 0 bridgehead atoms. The number of hydrogen-bond acceptors (Lipinski definition) is 4. The van der Waals surface area contributed by atoms with E-state index < -0.39 is 0 Å². The van der Waals surface area contributed by atoms with Crippen molar-refractivity contribution < 1.29 is 14.3 Å². The maximum Gasteiger partial charge on any atom is 0.323 e. The largest absolute Gasteiger partial charge is 0.490 e. The Balaban J connectivity index is 1.57. The van der Waals surface area contributed by atoms with Crippen molar-refractivity contribution in [2.45, 2.75) is 58.3 Å². The van der Waals surface area contributed by atoms with Crippen LogP contribution in [0, 0.1) is 13.8 Å². The van der Waals surface area contributed by atoms with Crippen molar-refractivity contribution in [2.24, 2.45) is 0 Å². The topological polar surface area (TPSA) is 38.8 Å². The summed E-state index contributed by atoms with van der Waals surface area (Å²) in [6.07, 6.45) is 3.05. The molecule has 3 rings (SSSR count). The standard InChI is InChI=1S/C18H25NO3/c1-12-5-4-6-13(2)17(12)22-15-7-9-19(10-8-15)16-11-14(3)21-18(16)20/h4-6,14-16H,7-11H2,1-3H3/t14-,16-/m1/s1. The summed E-state index contributed by atoms with van der Waals surface area (Å²) in [6, 6.07) is 6.20. The fraction of sp³-hybridized carbons (Fsp3) is 0.611. The average molecular weight is 303 g/mol. The second kappa shape index (κ2) is 6.29. The second-order valence-corrected chi connectivity index (χ2v) is 6.57. The molecule has 0 spiro atoms. The summed E-state index contributed by atoms with van der Waals surface area (Å²) in [7, 11) is 0. The smallest absolute Gasteiger partial charge is 0.323 e. The van der Waals surface area contributed by atoms with Gasteiger partial charge in [-0.25, -0.2) is 0 Å². The van der Waals surface area contributed by atoms with Crippen molar-refractivity contribution >= 4 is 5.97 Å². The van der Waals surface area contributed by atoms with Gasteiger partial charge in [0.1, 0.15) is 24.0 Å². The Morgan fingerprint density at radius 1 is 1.18 bits per heavy atom. The van der Waals surface area contributed by atoms with Crippen LogP contribution >= 0.6 is 0 Å². The minimum absolute atomic E-state index is 0.0452. The molecule has 2 saturated heterocycles. The van der Waals surface area contributed by atoms with Crippen LogP contribution in [0.15, 0.2) is 18.2 Å². The molecule has 0 unspecified atom stereocenters. The second-order valence-electron chi connectivity index (χ2n) is 6.57. The Morgan fingerprint density at radius 3 is 2.36 bits per heavy atom. The van der Waals surface area contributed by atoms with Gasteiger partial charge in [-0.15, -0.1) is 0 Å². The highest BCUT2D eigenvalue weighted by Crippen LogP contribution is 2.28. The predicted octanol–water partition coefficient (Wildman–Crippen LogP) is 2.85. The van der Waals surface area contributed by atoms with Crippen molar-refractivity contribution in [3.8, 4) is 5.75 Å². The number of ether oxygens (including phenoxy) is 2. The Bertz CT molecular complexity index is 529. The molecule has 1 aromatic rings. The predicted molar refractivity (Wildman–Crippen MR) is 85.1 cm³/mol. The third kappa shape index (κ3) is 3.12. The summed E-state index contributed by atoms with van der Waals surface area (Å²) < 4.78 is 11.5. The number of para-hydroxylation sites is 1. The molecule has 1 aromatic carbocycles. The maximum atomic E-state index is 11.9. The molecule has 2 heterocycles. The van der Waals surface area contributed by atoms with Crippen molar-refractivity contribution in [2.75, 3.05) is 13.1 Å². The normalized spacial score (nSPS) is 27.0. The lowest BCUT2D eigenvalue weighted by Gasteiger charge is -2.34. The van der Waals surface area contributed by atoms with Crippen LogP contribution in [0.25, 0.3) is 0 Å². The zero-order chi connectivity index (χ0) is 15.7. The minimum Gasteiger partial charge on any atom is -0.490 e. The minimum atomic E-state index is -0.0541. The van der Waals surface area contributed by atoms with Crippen LogP contribution in [0.1, 0.15) is 37.3 Å². The summed E-state index contributed by atoms with van der Waals surface area (Å²) in [6.45, 7) is 7.96. The van der Waals surface area contributed by atoms with Gasteiger partial charge in [-0.1, -0.05) is 18.2 Å². The van der Waals surface area contributed by atoms with E-state index in [0.29, 0.717) is 0 Å². The number of cyclic esters (lactones) is 1. The molecule has 0 radical (unpaired) electrons. The molecule has 0 saturated carbocycles. The highest BCUT2D eigenvalue weighted by Gasteiger charge is 2.38. The van der Waals surface area contributed by atoms with E-state index in [4.69, 9.17) is 9.47 Å². The van der Waals surface area contributed by atoms with E-state index in [-0.39, 0.29) is 24.2 Å². The van der Waals surface area contributed by atoms with Gasteiger partial charge in [-0.05, 0) is 44.7 Å². The summed E-state index contributed by atoms with van der Waals surface area (Å²) in [5.74, 6) is 0.969. The van der Waals surface area contributed by atoms with E-state index in [2.05, 4.69) is 36.9 Å². The Kier molecular flexibility index (Phi) is 4.39. The van der Waals surface area contributed by atoms with Gasteiger partial charge in [0.05, 0.1) is 0 Å². The highest BCUT2D eigenvalue weighted by molar-refractivity contribution is 5.78. The van der Waals surface area contributed by atoms with E-state index in [9.17, 15) is 4.79 Å². The SMILES string of the molecule is Cc1cccc(C)c1OC1CCN([C@@H]2C[C@@H](C)OC2=O)CC1. The maximum absolute atomic E-state index is 11.9. The van der Waals surface area contributed by atoms with E-state index in [1.165, 1.54) is 11.1 Å². The van der Waals surface area contributed by atoms with Gasteiger partial charge >= 0.3 is 5.97 Å². The first-order chi connectivity index (χ1) is 10.5. The Labute approximate surface area is 132 Å². The number of carbonyl (C=O) groups excluding carboxylic acids is 1. The van der Waals surface area contributed by atoms with Gasteiger partial charge < -0.3 is 9.47 Å². The van der Waals surface area contributed by atoms with Crippen LogP contribution in [-0.2, 0) is 9.53 Å². The van der Waals surface area contributed by atoms with Gasteiger partial charge in [-0.3, -0.25) is 9.69 Å². The molecule has 4 nitrogen and oxygen atoms in total. The molecule has 0 N–H and O–H groups in total. The van der Waals surface area contributed by atoms with Gasteiger partial charge in [0.2, 0.25) is 0 Å². The van der Waals surface area contributed by atoms with E-state index in [1.807, 2.05) is 6.92 Å². The lowest BCUT2D eigenvalue weighted by molar-refractivity contribution is -0.145. The molecule has 2 fully saturated rings.